The molecule has 0 amide bonds. The molecule has 3 unspecified atom stereocenters. The minimum Gasteiger partial charge on any atom is -0.379 e. The van der Waals surface area contributed by atoms with Gasteiger partial charge < -0.3 is 4.74 Å². The summed E-state index contributed by atoms with van der Waals surface area (Å²) in [5, 5.41) is 0.391. The summed E-state index contributed by atoms with van der Waals surface area (Å²) in [6.45, 7) is 7.38. The molecule has 2 heteroatoms. The van der Waals surface area contributed by atoms with Gasteiger partial charge in [0.2, 0.25) is 0 Å². The van der Waals surface area contributed by atoms with E-state index in [-0.39, 0.29) is 0 Å². The Hall–Kier alpha value is 0.250. The summed E-state index contributed by atoms with van der Waals surface area (Å²) >= 11 is 6.31. The smallest absolute Gasteiger partial charge is 0.0518 e. The van der Waals surface area contributed by atoms with Gasteiger partial charge in [0.05, 0.1) is 6.10 Å². The Bertz CT molecular complexity index is 158. The van der Waals surface area contributed by atoms with Crippen molar-refractivity contribution in [3.05, 3.63) is 0 Å². The lowest BCUT2D eigenvalue weighted by Gasteiger charge is -2.31. The zero-order chi connectivity index (χ0) is 10.6. The molecule has 3 atom stereocenters. The maximum absolute atomic E-state index is 6.31. The highest BCUT2D eigenvalue weighted by Gasteiger charge is 2.26. The molecule has 14 heavy (non-hydrogen) atoms. The molecular formula is C12H23ClO. The molecule has 0 N–H and O–H groups in total. The van der Waals surface area contributed by atoms with Crippen LogP contribution in [0.15, 0.2) is 0 Å². The summed E-state index contributed by atoms with van der Waals surface area (Å²) in [6.07, 6.45) is 5.27. The van der Waals surface area contributed by atoms with Crippen molar-refractivity contribution in [1.82, 2.24) is 0 Å². The second kappa shape index (κ2) is 5.97. The van der Waals surface area contributed by atoms with Crippen molar-refractivity contribution < 1.29 is 4.74 Å². The molecule has 1 nitrogen and oxygen atoms in total. The fraction of sp³-hybridized carbons (Fsp3) is 1.00. The topological polar surface area (TPSA) is 9.23 Å². The molecule has 1 saturated carbocycles. The molecule has 1 fully saturated rings. The maximum atomic E-state index is 6.31. The molecule has 0 heterocycles. The van der Waals surface area contributed by atoms with Crippen LogP contribution in [0.3, 0.4) is 0 Å². The third-order valence-electron chi connectivity index (χ3n) is 3.09. The summed E-state index contributed by atoms with van der Waals surface area (Å²) in [5.74, 6) is 1.54. The quantitative estimate of drug-likeness (QED) is 0.652. The SMILES string of the molecule is CC1CCC(Cl)C(CCOC(C)C)C1. The molecule has 1 aliphatic rings. The number of alkyl halides is 1. The van der Waals surface area contributed by atoms with Gasteiger partial charge in [0.15, 0.2) is 0 Å². The van der Waals surface area contributed by atoms with Crippen molar-refractivity contribution >= 4 is 11.6 Å². The zero-order valence-corrected chi connectivity index (χ0v) is 10.4. The van der Waals surface area contributed by atoms with Gasteiger partial charge in [-0.15, -0.1) is 11.6 Å². The van der Waals surface area contributed by atoms with Gasteiger partial charge >= 0.3 is 0 Å². The van der Waals surface area contributed by atoms with Crippen LogP contribution in [-0.2, 0) is 4.74 Å². The lowest BCUT2D eigenvalue weighted by Crippen LogP contribution is -2.25. The molecule has 1 rings (SSSR count). The van der Waals surface area contributed by atoms with E-state index in [0.717, 1.165) is 18.9 Å². The number of hydrogen-bond donors (Lipinski definition) is 0. The highest BCUT2D eigenvalue weighted by Crippen LogP contribution is 2.34. The van der Waals surface area contributed by atoms with Crippen LogP contribution < -0.4 is 0 Å². The predicted octanol–water partition coefficient (Wildman–Crippen LogP) is 3.85. The van der Waals surface area contributed by atoms with Crippen molar-refractivity contribution in [2.75, 3.05) is 6.61 Å². The van der Waals surface area contributed by atoms with Crippen LogP contribution in [0.4, 0.5) is 0 Å². The third-order valence-corrected chi connectivity index (χ3v) is 3.67. The van der Waals surface area contributed by atoms with Crippen molar-refractivity contribution in [2.45, 2.75) is 57.9 Å². The lowest BCUT2D eigenvalue weighted by atomic mass is 9.80. The predicted molar refractivity (Wildman–Crippen MR) is 61.9 cm³/mol. The third kappa shape index (κ3) is 4.18. The van der Waals surface area contributed by atoms with Crippen molar-refractivity contribution in [2.24, 2.45) is 11.8 Å². The number of halogens is 1. The van der Waals surface area contributed by atoms with Gasteiger partial charge in [-0.05, 0) is 51.4 Å². The first kappa shape index (κ1) is 12.3. The molecule has 0 radical (unpaired) electrons. The zero-order valence-electron chi connectivity index (χ0n) is 9.63. The Labute approximate surface area is 93.2 Å². The Kier molecular flexibility index (Phi) is 5.25. The summed E-state index contributed by atoms with van der Waals surface area (Å²) in [6, 6.07) is 0. The fourth-order valence-corrected chi connectivity index (χ4v) is 2.57. The van der Waals surface area contributed by atoms with E-state index in [1.165, 1.54) is 19.3 Å². The molecule has 0 aromatic carbocycles. The summed E-state index contributed by atoms with van der Waals surface area (Å²) in [4.78, 5) is 0. The number of rotatable bonds is 4. The molecule has 0 saturated heterocycles. The Balaban J connectivity index is 2.20. The summed E-state index contributed by atoms with van der Waals surface area (Å²) in [5.41, 5.74) is 0. The van der Waals surface area contributed by atoms with Gasteiger partial charge in [-0.1, -0.05) is 6.92 Å². The van der Waals surface area contributed by atoms with E-state index in [0.29, 0.717) is 17.4 Å². The largest absolute Gasteiger partial charge is 0.379 e. The molecule has 0 bridgehead atoms. The van der Waals surface area contributed by atoms with Gasteiger partial charge in [-0.3, -0.25) is 0 Å². The molecule has 1 aliphatic carbocycles. The van der Waals surface area contributed by atoms with Gasteiger partial charge in [0.25, 0.3) is 0 Å². The van der Waals surface area contributed by atoms with E-state index in [4.69, 9.17) is 16.3 Å². The Morgan fingerprint density at radius 2 is 2.07 bits per heavy atom. The van der Waals surface area contributed by atoms with E-state index in [1.807, 2.05) is 0 Å². The molecule has 0 aliphatic heterocycles. The van der Waals surface area contributed by atoms with Crippen LogP contribution >= 0.6 is 11.6 Å². The Morgan fingerprint density at radius 3 is 2.71 bits per heavy atom. The van der Waals surface area contributed by atoms with Gasteiger partial charge in [-0.2, -0.15) is 0 Å². The molecule has 0 aromatic rings. The number of hydrogen-bond acceptors (Lipinski definition) is 1. The minimum atomic E-state index is 0.352. The first-order valence-electron chi connectivity index (χ1n) is 5.85. The first-order chi connectivity index (χ1) is 6.59. The van der Waals surface area contributed by atoms with E-state index in [9.17, 15) is 0 Å². The van der Waals surface area contributed by atoms with Crippen LogP contribution in [0.25, 0.3) is 0 Å². The van der Waals surface area contributed by atoms with E-state index in [2.05, 4.69) is 20.8 Å². The second-order valence-electron chi connectivity index (χ2n) is 4.90. The normalized spacial score (nSPS) is 33.6. The fourth-order valence-electron chi connectivity index (χ4n) is 2.22. The van der Waals surface area contributed by atoms with Crippen LogP contribution in [-0.4, -0.2) is 18.1 Å². The minimum absolute atomic E-state index is 0.352. The first-order valence-corrected chi connectivity index (χ1v) is 6.29. The van der Waals surface area contributed by atoms with Crippen molar-refractivity contribution in [3.8, 4) is 0 Å². The van der Waals surface area contributed by atoms with Crippen molar-refractivity contribution in [1.29, 1.82) is 0 Å². The van der Waals surface area contributed by atoms with Crippen LogP contribution in [0.5, 0.6) is 0 Å². The number of ether oxygens (including phenoxy) is 1. The highest BCUT2D eigenvalue weighted by molar-refractivity contribution is 6.20. The monoisotopic (exact) mass is 218 g/mol. The van der Waals surface area contributed by atoms with Gasteiger partial charge in [0.1, 0.15) is 0 Å². The van der Waals surface area contributed by atoms with E-state index in [1.54, 1.807) is 0 Å². The maximum Gasteiger partial charge on any atom is 0.0518 e. The molecule has 0 aromatic heterocycles. The lowest BCUT2D eigenvalue weighted by molar-refractivity contribution is 0.0628. The highest BCUT2D eigenvalue weighted by atomic mass is 35.5. The molecule has 84 valence electrons. The van der Waals surface area contributed by atoms with Crippen LogP contribution in [0.1, 0.15) is 46.5 Å². The standard InChI is InChI=1S/C12H23ClO/c1-9(2)14-7-6-11-8-10(3)4-5-12(11)13/h9-12H,4-8H2,1-3H3. The van der Waals surface area contributed by atoms with E-state index >= 15 is 0 Å². The Morgan fingerprint density at radius 1 is 1.36 bits per heavy atom. The average Bonchev–Trinajstić information content (AvgIpc) is 2.10. The summed E-state index contributed by atoms with van der Waals surface area (Å²) in [7, 11) is 0. The van der Waals surface area contributed by atoms with Crippen molar-refractivity contribution in [3.63, 3.8) is 0 Å². The van der Waals surface area contributed by atoms with Crippen LogP contribution in [0.2, 0.25) is 0 Å². The van der Waals surface area contributed by atoms with Gasteiger partial charge in [-0.25, -0.2) is 0 Å². The van der Waals surface area contributed by atoms with Crippen LogP contribution in [0, 0.1) is 11.8 Å². The summed E-state index contributed by atoms with van der Waals surface area (Å²) < 4.78 is 5.57. The average molecular weight is 219 g/mol. The van der Waals surface area contributed by atoms with E-state index < -0.39 is 0 Å². The van der Waals surface area contributed by atoms with Gasteiger partial charge in [0, 0.05) is 12.0 Å². The molecule has 0 spiro atoms. The molecular weight excluding hydrogens is 196 g/mol. The second-order valence-corrected chi connectivity index (χ2v) is 5.46.